The Morgan fingerprint density at radius 2 is 2.06 bits per heavy atom. The monoisotopic (exact) mass is 244 g/mol. The van der Waals surface area contributed by atoms with Gasteiger partial charge >= 0.3 is 0 Å². The summed E-state index contributed by atoms with van der Waals surface area (Å²) in [4.78, 5) is 0. The highest BCUT2D eigenvalue weighted by Gasteiger charge is 2.44. The predicted molar refractivity (Wildman–Crippen MR) is 64.0 cm³/mol. The van der Waals surface area contributed by atoms with E-state index in [-0.39, 0.29) is 11.5 Å². The van der Waals surface area contributed by atoms with Gasteiger partial charge in [-0.15, -0.1) is 0 Å². The van der Waals surface area contributed by atoms with Gasteiger partial charge in [-0.2, -0.15) is 0 Å². The highest BCUT2D eigenvalue weighted by molar-refractivity contribution is 4.94. The van der Waals surface area contributed by atoms with Gasteiger partial charge in [0, 0.05) is 26.9 Å². The van der Waals surface area contributed by atoms with E-state index in [1.165, 1.54) is 0 Å². The Bertz CT molecular complexity index is 240. The SMILES string of the molecule is COCC(C)(O)C1CCOC2(CCOCC2)C1. The molecule has 2 heterocycles. The molecule has 2 aliphatic heterocycles. The second-order valence-corrected chi connectivity index (χ2v) is 5.62. The summed E-state index contributed by atoms with van der Waals surface area (Å²) in [6.07, 6.45) is 3.74. The molecule has 100 valence electrons. The normalized spacial score (nSPS) is 32.3. The average Bonchev–Trinajstić information content (AvgIpc) is 2.30. The first-order valence-electron chi connectivity index (χ1n) is 6.51. The summed E-state index contributed by atoms with van der Waals surface area (Å²) in [5.74, 6) is 0.259. The molecule has 0 saturated carbocycles. The van der Waals surface area contributed by atoms with E-state index < -0.39 is 5.60 Å². The molecule has 1 N–H and O–H groups in total. The Morgan fingerprint density at radius 1 is 1.35 bits per heavy atom. The van der Waals surface area contributed by atoms with Crippen LogP contribution in [-0.4, -0.2) is 49.8 Å². The lowest BCUT2D eigenvalue weighted by Gasteiger charge is -2.47. The quantitative estimate of drug-likeness (QED) is 0.814. The second-order valence-electron chi connectivity index (χ2n) is 5.62. The lowest BCUT2D eigenvalue weighted by atomic mass is 9.74. The molecular weight excluding hydrogens is 220 g/mol. The van der Waals surface area contributed by atoms with Crippen LogP contribution in [0.25, 0.3) is 0 Å². The molecule has 2 rings (SSSR count). The summed E-state index contributed by atoms with van der Waals surface area (Å²) in [6, 6.07) is 0. The number of ether oxygens (including phenoxy) is 3. The Balaban J connectivity index is 2.00. The topological polar surface area (TPSA) is 47.9 Å². The van der Waals surface area contributed by atoms with Crippen molar-refractivity contribution in [2.75, 3.05) is 33.5 Å². The predicted octanol–water partition coefficient (Wildman–Crippen LogP) is 1.36. The molecule has 2 fully saturated rings. The Hall–Kier alpha value is -0.160. The van der Waals surface area contributed by atoms with Crippen molar-refractivity contribution in [3.05, 3.63) is 0 Å². The van der Waals surface area contributed by atoms with Crippen LogP contribution in [0, 0.1) is 5.92 Å². The fourth-order valence-corrected chi connectivity index (χ4v) is 3.06. The van der Waals surface area contributed by atoms with Crippen molar-refractivity contribution >= 4 is 0 Å². The van der Waals surface area contributed by atoms with E-state index in [4.69, 9.17) is 14.2 Å². The first-order chi connectivity index (χ1) is 8.08. The molecule has 2 unspecified atom stereocenters. The van der Waals surface area contributed by atoms with Gasteiger partial charge in [0.25, 0.3) is 0 Å². The largest absolute Gasteiger partial charge is 0.387 e. The Kier molecular flexibility index (Phi) is 4.08. The molecule has 17 heavy (non-hydrogen) atoms. The molecular formula is C13H24O4. The van der Waals surface area contributed by atoms with Gasteiger partial charge in [0.2, 0.25) is 0 Å². The molecule has 0 bridgehead atoms. The van der Waals surface area contributed by atoms with Crippen molar-refractivity contribution in [1.29, 1.82) is 0 Å². The van der Waals surface area contributed by atoms with Crippen molar-refractivity contribution < 1.29 is 19.3 Å². The third-order valence-corrected chi connectivity index (χ3v) is 4.21. The van der Waals surface area contributed by atoms with Crippen LogP contribution in [0.3, 0.4) is 0 Å². The van der Waals surface area contributed by atoms with Gasteiger partial charge < -0.3 is 19.3 Å². The van der Waals surface area contributed by atoms with Gasteiger partial charge in [-0.05, 0) is 38.5 Å². The summed E-state index contributed by atoms with van der Waals surface area (Å²) in [5, 5.41) is 10.4. The molecule has 0 amide bonds. The number of methoxy groups -OCH3 is 1. The molecule has 0 aromatic rings. The summed E-state index contributed by atoms with van der Waals surface area (Å²) in [5.41, 5.74) is -0.803. The Labute approximate surface area is 103 Å². The van der Waals surface area contributed by atoms with Gasteiger partial charge in [0.1, 0.15) is 0 Å². The molecule has 0 aromatic heterocycles. The fraction of sp³-hybridized carbons (Fsp3) is 1.00. The van der Waals surface area contributed by atoms with Crippen LogP contribution in [0.5, 0.6) is 0 Å². The van der Waals surface area contributed by atoms with Crippen molar-refractivity contribution in [1.82, 2.24) is 0 Å². The lowest BCUT2D eigenvalue weighted by Crippen LogP contribution is -2.51. The maximum absolute atomic E-state index is 10.4. The molecule has 0 radical (unpaired) electrons. The van der Waals surface area contributed by atoms with Gasteiger partial charge in [0.15, 0.2) is 0 Å². The zero-order valence-corrected chi connectivity index (χ0v) is 10.9. The second kappa shape index (κ2) is 5.22. The highest BCUT2D eigenvalue weighted by atomic mass is 16.5. The van der Waals surface area contributed by atoms with Gasteiger partial charge in [-0.1, -0.05) is 0 Å². The number of hydrogen-bond acceptors (Lipinski definition) is 4. The maximum atomic E-state index is 10.4. The molecule has 1 spiro atoms. The van der Waals surface area contributed by atoms with Crippen LogP contribution < -0.4 is 0 Å². The van der Waals surface area contributed by atoms with Gasteiger partial charge in [-0.25, -0.2) is 0 Å². The smallest absolute Gasteiger partial charge is 0.0881 e. The number of aliphatic hydroxyl groups is 1. The molecule has 4 heteroatoms. The van der Waals surface area contributed by atoms with Crippen LogP contribution in [0.2, 0.25) is 0 Å². The van der Waals surface area contributed by atoms with Crippen LogP contribution in [0.1, 0.15) is 32.6 Å². The van der Waals surface area contributed by atoms with E-state index in [0.29, 0.717) is 6.61 Å². The minimum atomic E-state index is -0.746. The van der Waals surface area contributed by atoms with Crippen LogP contribution in [0.15, 0.2) is 0 Å². The van der Waals surface area contributed by atoms with E-state index in [1.807, 2.05) is 6.92 Å². The number of hydrogen-bond donors (Lipinski definition) is 1. The van der Waals surface area contributed by atoms with E-state index in [1.54, 1.807) is 7.11 Å². The van der Waals surface area contributed by atoms with Gasteiger partial charge in [-0.3, -0.25) is 0 Å². The van der Waals surface area contributed by atoms with E-state index in [2.05, 4.69) is 0 Å². The molecule has 2 atom stereocenters. The standard InChI is InChI=1S/C13H24O4/c1-12(14,10-15-2)11-3-6-17-13(9-11)4-7-16-8-5-13/h11,14H,3-10H2,1-2H3. The maximum Gasteiger partial charge on any atom is 0.0881 e. The van der Waals surface area contributed by atoms with Crippen molar-refractivity contribution in [3.63, 3.8) is 0 Å². The zero-order valence-electron chi connectivity index (χ0n) is 10.9. The molecule has 4 nitrogen and oxygen atoms in total. The van der Waals surface area contributed by atoms with Crippen LogP contribution >= 0.6 is 0 Å². The molecule has 2 aliphatic rings. The molecule has 0 aliphatic carbocycles. The van der Waals surface area contributed by atoms with Crippen molar-refractivity contribution in [3.8, 4) is 0 Å². The van der Waals surface area contributed by atoms with Gasteiger partial charge in [0.05, 0.1) is 17.8 Å². The first-order valence-corrected chi connectivity index (χ1v) is 6.51. The summed E-state index contributed by atoms with van der Waals surface area (Å²) in [6.45, 7) is 4.56. The van der Waals surface area contributed by atoms with E-state index in [0.717, 1.165) is 45.5 Å². The van der Waals surface area contributed by atoms with Crippen LogP contribution in [0.4, 0.5) is 0 Å². The molecule has 0 aromatic carbocycles. The van der Waals surface area contributed by atoms with Crippen molar-refractivity contribution in [2.24, 2.45) is 5.92 Å². The third kappa shape index (κ3) is 2.99. The lowest BCUT2D eigenvalue weighted by molar-refractivity contribution is -0.179. The summed E-state index contributed by atoms with van der Waals surface area (Å²) < 4.78 is 16.5. The number of rotatable bonds is 3. The summed E-state index contributed by atoms with van der Waals surface area (Å²) >= 11 is 0. The molecule has 2 saturated heterocycles. The minimum Gasteiger partial charge on any atom is -0.387 e. The summed E-state index contributed by atoms with van der Waals surface area (Å²) in [7, 11) is 1.64. The highest BCUT2D eigenvalue weighted by Crippen LogP contribution is 2.41. The van der Waals surface area contributed by atoms with Crippen molar-refractivity contribution in [2.45, 2.75) is 43.8 Å². The Morgan fingerprint density at radius 3 is 2.71 bits per heavy atom. The fourth-order valence-electron chi connectivity index (χ4n) is 3.06. The average molecular weight is 244 g/mol. The zero-order chi connectivity index (χ0) is 12.4. The van der Waals surface area contributed by atoms with E-state index >= 15 is 0 Å². The van der Waals surface area contributed by atoms with Crippen LogP contribution in [-0.2, 0) is 14.2 Å². The minimum absolute atomic E-state index is 0.0566. The third-order valence-electron chi connectivity index (χ3n) is 4.21. The first kappa shape index (κ1) is 13.3. The van der Waals surface area contributed by atoms with E-state index in [9.17, 15) is 5.11 Å².